The van der Waals surface area contributed by atoms with Crippen molar-refractivity contribution in [2.75, 3.05) is 11.1 Å². The van der Waals surface area contributed by atoms with Gasteiger partial charge in [-0.1, -0.05) is 30.0 Å². The van der Waals surface area contributed by atoms with E-state index in [-0.39, 0.29) is 11.7 Å². The highest BCUT2D eigenvalue weighted by molar-refractivity contribution is 8.01. The molecule has 0 radical (unpaired) electrons. The minimum Gasteiger partial charge on any atom is -0.481 e. The third kappa shape index (κ3) is 4.26. The summed E-state index contributed by atoms with van der Waals surface area (Å²) in [7, 11) is 0. The van der Waals surface area contributed by atoms with Crippen LogP contribution < -0.4 is 5.32 Å². The Bertz CT molecular complexity index is 366. The molecule has 0 aliphatic carbocycles. The summed E-state index contributed by atoms with van der Waals surface area (Å²) in [4.78, 5) is 21.3. The van der Waals surface area contributed by atoms with Gasteiger partial charge in [0.2, 0.25) is 11.0 Å². The molecular formula is C7H9N3O3S2. The van der Waals surface area contributed by atoms with Crippen LogP contribution in [0.2, 0.25) is 0 Å². The van der Waals surface area contributed by atoms with E-state index in [0.717, 1.165) is 23.1 Å². The van der Waals surface area contributed by atoms with Gasteiger partial charge in [-0.15, -0.1) is 10.2 Å². The summed E-state index contributed by atoms with van der Waals surface area (Å²) < 4.78 is 0.531. The largest absolute Gasteiger partial charge is 0.481 e. The molecular weight excluding hydrogens is 238 g/mol. The molecule has 1 amide bonds. The number of nitrogens with one attached hydrogen (secondary N) is 1. The normalized spacial score (nSPS) is 9.93. The van der Waals surface area contributed by atoms with Crippen molar-refractivity contribution in [3.05, 3.63) is 0 Å². The maximum atomic E-state index is 11.0. The van der Waals surface area contributed by atoms with Crippen molar-refractivity contribution in [3.63, 3.8) is 0 Å². The van der Waals surface area contributed by atoms with Crippen LogP contribution in [0.5, 0.6) is 0 Å². The fourth-order valence-corrected chi connectivity index (χ4v) is 2.14. The summed E-state index contributed by atoms with van der Waals surface area (Å²) in [5.74, 6) is -1.11. The lowest BCUT2D eigenvalue weighted by molar-refractivity contribution is -0.133. The van der Waals surface area contributed by atoms with Crippen LogP contribution in [-0.2, 0) is 9.59 Å². The van der Waals surface area contributed by atoms with Gasteiger partial charge in [-0.2, -0.15) is 0 Å². The van der Waals surface area contributed by atoms with E-state index in [2.05, 4.69) is 15.5 Å². The molecule has 0 fully saturated rings. The molecule has 0 atom stereocenters. The van der Waals surface area contributed by atoms with Crippen LogP contribution in [0.3, 0.4) is 0 Å². The summed E-state index contributed by atoms with van der Waals surface area (Å²) in [5, 5.41) is 18.8. The van der Waals surface area contributed by atoms with Gasteiger partial charge in [0.05, 0.1) is 5.75 Å². The van der Waals surface area contributed by atoms with Crippen LogP contribution in [0.15, 0.2) is 4.34 Å². The predicted octanol–water partition coefficient (Wildman–Crippen LogP) is 1.06. The number of hydrogen-bond acceptors (Lipinski definition) is 6. The number of carbonyl (C=O) groups excluding carboxylic acids is 1. The zero-order valence-corrected chi connectivity index (χ0v) is 9.52. The molecule has 0 aliphatic heterocycles. The molecule has 8 heteroatoms. The Morgan fingerprint density at radius 2 is 2.27 bits per heavy atom. The number of anilines is 1. The molecule has 1 rings (SSSR count). The Labute approximate surface area is 94.1 Å². The van der Waals surface area contributed by atoms with Crippen molar-refractivity contribution in [3.8, 4) is 0 Å². The van der Waals surface area contributed by atoms with E-state index < -0.39 is 5.97 Å². The Morgan fingerprint density at radius 3 is 2.87 bits per heavy atom. The predicted molar refractivity (Wildman–Crippen MR) is 57.2 cm³/mol. The average Bonchev–Trinajstić information content (AvgIpc) is 2.62. The molecule has 6 nitrogen and oxygen atoms in total. The molecule has 15 heavy (non-hydrogen) atoms. The molecule has 2 N–H and O–H groups in total. The fraction of sp³-hybridized carbons (Fsp3) is 0.429. The van der Waals surface area contributed by atoms with Gasteiger partial charge in [0.15, 0.2) is 4.34 Å². The van der Waals surface area contributed by atoms with E-state index in [9.17, 15) is 9.59 Å². The first-order chi connectivity index (χ1) is 7.11. The van der Waals surface area contributed by atoms with Crippen molar-refractivity contribution in [2.24, 2.45) is 0 Å². The van der Waals surface area contributed by atoms with E-state index in [1.807, 2.05) is 0 Å². The van der Waals surface area contributed by atoms with Crippen molar-refractivity contribution in [1.29, 1.82) is 0 Å². The highest BCUT2D eigenvalue weighted by Crippen LogP contribution is 2.25. The van der Waals surface area contributed by atoms with Gasteiger partial charge in [0, 0.05) is 6.42 Å². The maximum Gasteiger partial charge on any atom is 0.313 e. The third-order valence-corrected chi connectivity index (χ3v) is 3.25. The lowest BCUT2D eigenvalue weighted by Gasteiger charge is -1.94. The van der Waals surface area contributed by atoms with Crippen LogP contribution in [0.1, 0.15) is 13.3 Å². The van der Waals surface area contributed by atoms with Crippen LogP contribution in [0, 0.1) is 0 Å². The van der Waals surface area contributed by atoms with E-state index in [1.165, 1.54) is 0 Å². The first kappa shape index (κ1) is 11.9. The second-order valence-corrected chi connectivity index (χ2v) is 4.66. The quantitative estimate of drug-likeness (QED) is 0.597. The Morgan fingerprint density at radius 1 is 1.53 bits per heavy atom. The minimum atomic E-state index is -0.908. The van der Waals surface area contributed by atoms with Gasteiger partial charge >= 0.3 is 5.97 Å². The minimum absolute atomic E-state index is 0.0592. The van der Waals surface area contributed by atoms with Gasteiger partial charge in [0.1, 0.15) is 0 Å². The molecule has 1 aromatic rings. The summed E-state index contributed by atoms with van der Waals surface area (Å²) in [6.45, 7) is 1.73. The van der Waals surface area contributed by atoms with E-state index >= 15 is 0 Å². The molecule has 0 saturated heterocycles. The van der Waals surface area contributed by atoms with Crippen LogP contribution >= 0.6 is 23.1 Å². The number of hydrogen-bond donors (Lipinski definition) is 2. The molecule has 0 bridgehead atoms. The van der Waals surface area contributed by atoms with E-state index in [1.54, 1.807) is 6.92 Å². The second kappa shape index (κ2) is 5.66. The van der Waals surface area contributed by atoms with Gasteiger partial charge in [-0.25, -0.2) is 0 Å². The van der Waals surface area contributed by atoms with Gasteiger partial charge in [-0.05, 0) is 0 Å². The number of amides is 1. The summed E-state index contributed by atoms with van der Waals surface area (Å²) in [5.41, 5.74) is 0. The summed E-state index contributed by atoms with van der Waals surface area (Å²) >= 11 is 2.24. The van der Waals surface area contributed by atoms with Crippen LogP contribution in [0.25, 0.3) is 0 Å². The molecule has 0 aliphatic rings. The molecule has 0 spiro atoms. The molecule has 0 saturated carbocycles. The fourth-order valence-electron chi connectivity index (χ4n) is 0.650. The first-order valence-electron chi connectivity index (χ1n) is 4.09. The number of rotatable bonds is 5. The average molecular weight is 247 g/mol. The van der Waals surface area contributed by atoms with Crippen LogP contribution in [0.4, 0.5) is 5.13 Å². The van der Waals surface area contributed by atoms with Gasteiger partial charge in [0.25, 0.3) is 0 Å². The number of carboxylic acid groups (broad SMARTS) is 1. The number of nitrogens with zero attached hydrogens (tertiary/aromatic N) is 2. The van der Waals surface area contributed by atoms with E-state index in [0.29, 0.717) is 15.9 Å². The molecule has 1 heterocycles. The first-order valence-corrected chi connectivity index (χ1v) is 5.90. The van der Waals surface area contributed by atoms with Crippen molar-refractivity contribution in [2.45, 2.75) is 17.7 Å². The maximum absolute atomic E-state index is 11.0. The zero-order chi connectivity index (χ0) is 11.3. The number of thioether (sulfide) groups is 1. The standard InChI is InChI=1S/C7H9N3O3S2/c1-2-4(11)8-6-9-10-7(15-6)14-3-5(12)13/h2-3H2,1H3,(H,12,13)(H,8,9,11). The summed E-state index contributed by atoms with van der Waals surface area (Å²) in [6.07, 6.45) is 0.372. The Kier molecular flexibility index (Phi) is 4.50. The molecule has 82 valence electrons. The van der Waals surface area contributed by atoms with Gasteiger partial charge in [-0.3, -0.25) is 9.59 Å². The highest BCUT2D eigenvalue weighted by Gasteiger charge is 2.08. The van der Waals surface area contributed by atoms with Crippen LogP contribution in [-0.4, -0.2) is 32.9 Å². The molecule has 0 unspecified atom stereocenters. The zero-order valence-electron chi connectivity index (χ0n) is 7.89. The topological polar surface area (TPSA) is 92.2 Å². The Hall–Kier alpha value is -1.15. The lowest BCUT2D eigenvalue weighted by Crippen LogP contribution is -2.08. The molecule has 1 aromatic heterocycles. The smallest absolute Gasteiger partial charge is 0.313 e. The Balaban J connectivity index is 2.49. The SMILES string of the molecule is CCC(=O)Nc1nnc(SCC(=O)O)s1. The molecule has 0 aromatic carbocycles. The monoisotopic (exact) mass is 247 g/mol. The lowest BCUT2D eigenvalue weighted by atomic mass is 10.5. The highest BCUT2D eigenvalue weighted by atomic mass is 32.2. The summed E-state index contributed by atoms with van der Waals surface area (Å²) in [6, 6.07) is 0. The van der Waals surface area contributed by atoms with Gasteiger partial charge < -0.3 is 10.4 Å². The van der Waals surface area contributed by atoms with Crippen molar-refractivity contribution >= 4 is 40.1 Å². The number of carbonyl (C=O) groups is 2. The third-order valence-electron chi connectivity index (χ3n) is 1.29. The number of carboxylic acids is 1. The number of aliphatic carboxylic acids is 1. The van der Waals surface area contributed by atoms with Crippen molar-refractivity contribution < 1.29 is 14.7 Å². The van der Waals surface area contributed by atoms with Crippen molar-refractivity contribution in [1.82, 2.24) is 10.2 Å². The number of aromatic nitrogens is 2. The second-order valence-electron chi connectivity index (χ2n) is 2.46. The van der Waals surface area contributed by atoms with E-state index in [4.69, 9.17) is 5.11 Å².